The molecule has 0 spiro atoms. The van der Waals surface area contributed by atoms with Crippen LogP contribution >= 0.6 is 0 Å². The molecule has 20 heavy (non-hydrogen) atoms. The fourth-order valence-electron chi connectivity index (χ4n) is 2.52. The average Bonchev–Trinajstić information content (AvgIpc) is 2.88. The van der Waals surface area contributed by atoms with Crippen molar-refractivity contribution in [2.24, 2.45) is 0 Å². The van der Waals surface area contributed by atoms with Crippen molar-refractivity contribution in [2.75, 3.05) is 18.5 Å². The van der Waals surface area contributed by atoms with Crippen LogP contribution in [-0.4, -0.2) is 23.1 Å². The Balaban J connectivity index is 2.03. The zero-order valence-electron chi connectivity index (χ0n) is 12.1. The van der Waals surface area contributed by atoms with E-state index in [9.17, 15) is 0 Å². The van der Waals surface area contributed by atoms with Crippen molar-refractivity contribution in [3.8, 4) is 5.75 Å². The number of aromatic nitrogens is 2. The van der Waals surface area contributed by atoms with Crippen LogP contribution in [0.1, 0.15) is 35.5 Å². The molecular weight excluding hydrogens is 250 g/mol. The van der Waals surface area contributed by atoms with Crippen molar-refractivity contribution in [1.82, 2.24) is 9.97 Å². The molecule has 1 N–H and O–H groups in total. The van der Waals surface area contributed by atoms with Gasteiger partial charge in [0.15, 0.2) is 0 Å². The molecule has 0 fully saturated rings. The van der Waals surface area contributed by atoms with Crippen LogP contribution in [0.5, 0.6) is 5.75 Å². The minimum absolute atomic E-state index is 0.128. The van der Waals surface area contributed by atoms with E-state index in [-0.39, 0.29) is 5.92 Å². The lowest BCUT2D eigenvalue weighted by Crippen LogP contribution is -2.13. The highest BCUT2D eigenvalue weighted by molar-refractivity contribution is 5.48. The van der Waals surface area contributed by atoms with Crippen LogP contribution in [0.25, 0.3) is 0 Å². The SMILES string of the molecule is CCNc1nc(C2COc3ccccc32)nc(C)c1C. The van der Waals surface area contributed by atoms with Gasteiger partial charge in [0.2, 0.25) is 0 Å². The van der Waals surface area contributed by atoms with E-state index in [1.165, 1.54) is 5.56 Å². The molecule has 104 valence electrons. The molecule has 0 radical (unpaired) electrons. The number of benzene rings is 1. The van der Waals surface area contributed by atoms with Crippen molar-refractivity contribution in [2.45, 2.75) is 26.7 Å². The Morgan fingerprint density at radius 3 is 2.85 bits per heavy atom. The zero-order chi connectivity index (χ0) is 14.1. The summed E-state index contributed by atoms with van der Waals surface area (Å²) in [7, 11) is 0. The summed E-state index contributed by atoms with van der Waals surface area (Å²) in [5, 5.41) is 3.31. The number of hydrogen-bond donors (Lipinski definition) is 1. The van der Waals surface area contributed by atoms with E-state index in [1.807, 2.05) is 25.1 Å². The van der Waals surface area contributed by atoms with Crippen LogP contribution in [-0.2, 0) is 0 Å². The third-order valence-corrected chi connectivity index (χ3v) is 3.76. The van der Waals surface area contributed by atoms with Gasteiger partial charge in [-0.3, -0.25) is 0 Å². The number of nitrogens with zero attached hydrogens (tertiary/aromatic N) is 2. The minimum Gasteiger partial charge on any atom is -0.492 e. The molecule has 2 heterocycles. The van der Waals surface area contributed by atoms with Gasteiger partial charge in [-0.2, -0.15) is 0 Å². The number of hydrogen-bond acceptors (Lipinski definition) is 4. The van der Waals surface area contributed by atoms with Gasteiger partial charge in [0.25, 0.3) is 0 Å². The summed E-state index contributed by atoms with van der Waals surface area (Å²) in [6.45, 7) is 7.63. The number of aryl methyl sites for hydroxylation is 1. The highest BCUT2D eigenvalue weighted by atomic mass is 16.5. The van der Waals surface area contributed by atoms with E-state index in [1.54, 1.807) is 0 Å². The second kappa shape index (κ2) is 5.12. The highest BCUT2D eigenvalue weighted by Crippen LogP contribution is 2.37. The molecule has 1 aliphatic heterocycles. The molecule has 2 aromatic rings. The lowest BCUT2D eigenvalue weighted by molar-refractivity contribution is 0.339. The molecular formula is C16H19N3O. The van der Waals surface area contributed by atoms with Crippen molar-refractivity contribution in [3.05, 3.63) is 46.9 Å². The Bertz CT molecular complexity index is 640. The maximum Gasteiger partial charge on any atom is 0.142 e. The van der Waals surface area contributed by atoms with Crippen LogP contribution in [0, 0.1) is 13.8 Å². The standard InChI is InChI=1S/C16H19N3O/c1-4-17-15-10(2)11(3)18-16(19-15)13-9-20-14-8-6-5-7-12(13)14/h5-8,13H,4,9H2,1-3H3,(H,17,18,19). The number of nitrogens with one attached hydrogen (secondary N) is 1. The smallest absolute Gasteiger partial charge is 0.142 e. The summed E-state index contributed by atoms with van der Waals surface area (Å²) in [6.07, 6.45) is 0. The number of rotatable bonds is 3. The summed E-state index contributed by atoms with van der Waals surface area (Å²) < 4.78 is 5.74. The minimum atomic E-state index is 0.128. The van der Waals surface area contributed by atoms with E-state index >= 15 is 0 Å². The van der Waals surface area contributed by atoms with Crippen LogP contribution in [0.15, 0.2) is 24.3 Å². The van der Waals surface area contributed by atoms with Gasteiger partial charge < -0.3 is 10.1 Å². The van der Waals surface area contributed by atoms with E-state index in [0.717, 1.165) is 35.2 Å². The third-order valence-electron chi connectivity index (χ3n) is 3.76. The lowest BCUT2D eigenvalue weighted by Gasteiger charge is -2.14. The van der Waals surface area contributed by atoms with Gasteiger partial charge in [0.05, 0.1) is 5.92 Å². The molecule has 4 heteroatoms. The molecule has 1 unspecified atom stereocenters. The number of ether oxygens (including phenoxy) is 1. The molecule has 0 amide bonds. The van der Waals surface area contributed by atoms with Gasteiger partial charge in [0.1, 0.15) is 24.0 Å². The number of fused-ring (bicyclic) bond motifs is 1. The van der Waals surface area contributed by atoms with Gasteiger partial charge in [-0.05, 0) is 26.8 Å². The summed E-state index contributed by atoms with van der Waals surface area (Å²) in [4.78, 5) is 9.37. The van der Waals surface area contributed by atoms with Crippen LogP contribution < -0.4 is 10.1 Å². The van der Waals surface area contributed by atoms with Gasteiger partial charge in [-0.15, -0.1) is 0 Å². The first kappa shape index (κ1) is 12.9. The van der Waals surface area contributed by atoms with Crippen molar-refractivity contribution < 1.29 is 4.74 Å². The first-order chi connectivity index (χ1) is 9.70. The third kappa shape index (κ3) is 2.11. The molecule has 3 rings (SSSR count). The second-order valence-electron chi connectivity index (χ2n) is 5.07. The maximum atomic E-state index is 5.74. The van der Waals surface area contributed by atoms with Crippen LogP contribution in [0.4, 0.5) is 5.82 Å². The topological polar surface area (TPSA) is 47.0 Å². The lowest BCUT2D eigenvalue weighted by atomic mass is 10.0. The quantitative estimate of drug-likeness (QED) is 0.930. The Kier molecular flexibility index (Phi) is 3.30. The molecule has 4 nitrogen and oxygen atoms in total. The summed E-state index contributed by atoms with van der Waals surface area (Å²) >= 11 is 0. The first-order valence-electron chi connectivity index (χ1n) is 7.01. The van der Waals surface area contributed by atoms with Gasteiger partial charge >= 0.3 is 0 Å². The van der Waals surface area contributed by atoms with Crippen molar-refractivity contribution >= 4 is 5.82 Å². The number of anilines is 1. The summed E-state index contributed by atoms with van der Waals surface area (Å²) in [5.41, 5.74) is 3.32. The Morgan fingerprint density at radius 1 is 1.25 bits per heavy atom. The first-order valence-corrected chi connectivity index (χ1v) is 7.01. The molecule has 1 atom stereocenters. The van der Waals surface area contributed by atoms with E-state index in [2.05, 4.69) is 30.2 Å². The van der Waals surface area contributed by atoms with Crippen LogP contribution in [0.3, 0.4) is 0 Å². The molecule has 1 aromatic carbocycles. The molecule has 1 aliphatic rings. The van der Waals surface area contributed by atoms with Crippen LogP contribution in [0.2, 0.25) is 0 Å². The monoisotopic (exact) mass is 269 g/mol. The summed E-state index contributed by atoms with van der Waals surface area (Å²) in [5.74, 6) is 2.85. The Hall–Kier alpha value is -2.10. The molecule has 1 aromatic heterocycles. The highest BCUT2D eigenvalue weighted by Gasteiger charge is 2.28. The Morgan fingerprint density at radius 2 is 2.05 bits per heavy atom. The normalized spacial score (nSPS) is 16.6. The molecule has 0 bridgehead atoms. The van der Waals surface area contributed by atoms with E-state index < -0.39 is 0 Å². The molecule has 0 saturated heterocycles. The largest absolute Gasteiger partial charge is 0.492 e. The predicted octanol–water partition coefficient (Wildman–Crippen LogP) is 3.05. The molecule has 0 aliphatic carbocycles. The maximum absolute atomic E-state index is 5.74. The molecule has 0 saturated carbocycles. The predicted molar refractivity (Wildman–Crippen MR) is 79.4 cm³/mol. The Labute approximate surface area is 119 Å². The van der Waals surface area contributed by atoms with Gasteiger partial charge in [-0.1, -0.05) is 18.2 Å². The number of para-hydroxylation sites is 1. The van der Waals surface area contributed by atoms with E-state index in [4.69, 9.17) is 9.72 Å². The average molecular weight is 269 g/mol. The van der Waals surface area contributed by atoms with E-state index in [0.29, 0.717) is 6.61 Å². The van der Waals surface area contributed by atoms with Crippen molar-refractivity contribution in [3.63, 3.8) is 0 Å². The fraction of sp³-hybridized carbons (Fsp3) is 0.375. The van der Waals surface area contributed by atoms with Gasteiger partial charge in [-0.25, -0.2) is 9.97 Å². The zero-order valence-corrected chi connectivity index (χ0v) is 12.1. The van der Waals surface area contributed by atoms with Crippen molar-refractivity contribution in [1.29, 1.82) is 0 Å². The fourth-order valence-corrected chi connectivity index (χ4v) is 2.52. The second-order valence-corrected chi connectivity index (χ2v) is 5.07. The van der Waals surface area contributed by atoms with Gasteiger partial charge in [0, 0.05) is 23.4 Å². The summed E-state index contributed by atoms with van der Waals surface area (Å²) in [6, 6.07) is 8.12.